The average Bonchev–Trinajstić information content (AvgIpc) is 3.60. The number of amides is 2. The van der Waals surface area contributed by atoms with Gasteiger partial charge in [0.1, 0.15) is 6.54 Å². The van der Waals surface area contributed by atoms with Crippen LogP contribution in [0.1, 0.15) is 60.4 Å². The molecule has 7 heteroatoms. The number of carbonyl (C=O) groups excluding carboxylic acids is 2. The van der Waals surface area contributed by atoms with Gasteiger partial charge in [0.25, 0.3) is 5.91 Å². The highest BCUT2D eigenvalue weighted by molar-refractivity contribution is 6.01. The van der Waals surface area contributed by atoms with E-state index >= 15 is 0 Å². The summed E-state index contributed by atoms with van der Waals surface area (Å²) in [5.41, 5.74) is 5.15. The van der Waals surface area contributed by atoms with Gasteiger partial charge in [-0.25, -0.2) is 0 Å². The number of rotatable bonds is 6. The molecule has 2 aliphatic heterocycles. The van der Waals surface area contributed by atoms with Gasteiger partial charge in [0.2, 0.25) is 5.91 Å². The lowest BCUT2D eigenvalue weighted by Gasteiger charge is -2.28. The quantitative estimate of drug-likeness (QED) is 0.515. The highest BCUT2D eigenvalue weighted by Gasteiger charge is 2.29. The van der Waals surface area contributed by atoms with E-state index in [2.05, 4.69) is 40.2 Å². The summed E-state index contributed by atoms with van der Waals surface area (Å²) in [4.78, 5) is 28.7. The smallest absolute Gasteiger partial charge is 0.251 e. The molecule has 6 rings (SSSR count). The van der Waals surface area contributed by atoms with Crippen molar-refractivity contribution < 1.29 is 19.1 Å². The molecular formula is C31H37N3O4. The van der Waals surface area contributed by atoms with Crippen molar-refractivity contribution in [2.45, 2.75) is 57.0 Å². The molecule has 7 nitrogen and oxygen atoms in total. The number of fused-ring (bicyclic) bond motifs is 1. The van der Waals surface area contributed by atoms with Crippen LogP contribution in [0, 0.1) is 0 Å². The van der Waals surface area contributed by atoms with E-state index in [9.17, 15) is 9.59 Å². The highest BCUT2D eigenvalue weighted by Crippen LogP contribution is 2.44. The topological polar surface area (TPSA) is 72.8 Å². The molecule has 2 saturated heterocycles. The maximum atomic E-state index is 13.6. The molecule has 2 aromatic carbocycles. The van der Waals surface area contributed by atoms with E-state index in [1.165, 1.54) is 24.8 Å². The molecule has 3 aromatic rings. The summed E-state index contributed by atoms with van der Waals surface area (Å²) in [6.07, 6.45) is 6.87. The summed E-state index contributed by atoms with van der Waals surface area (Å²) in [6, 6.07) is 16.5. The second kappa shape index (κ2) is 11.3. The number of hydrogen-bond donors (Lipinski definition) is 1. The van der Waals surface area contributed by atoms with Crippen LogP contribution in [0.4, 0.5) is 0 Å². The van der Waals surface area contributed by atoms with E-state index in [1.54, 1.807) is 0 Å². The Morgan fingerprint density at radius 2 is 1.68 bits per heavy atom. The Morgan fingerprint density at radius 3 is 2.42 bits per heavy atom. The molecule has 0 bridgehead atoms. The molecule has 1 unspecified atom stereocenters. The van der Waals surface area contributed by atoms with Crippen molar-refractivity contribution in [3.8, 4) is 11.3 Å². The van der Waals surface area contributed by atoms with Gasteiger partial charge >= 0.3 is 0 Å². The lowest BCUT2D eigenvalue weighted by atomic mass is 9.82. The van der Waals surface area contributed by atoms with Gasteiger partial charge in [-0.05, 0) is 48.4 Å². The first-order valence-corrected chi connectivity index (χ1v) is 14.1. The average molecular weight is 516 g/mol. The van der Waals surface area contributed by atoms with Gasteiger partial charge in [0.05, 0.1) is 37.1 Å². The zero-order valence-corrected chi connectivity index (χ0v) is 22.0. The minimum Gasteiger partial charge on any atom is -0.379 e. The number of ether oxygens (including phenoxy) is 2. The van der Waals surface area contributed by atoms with Crippen LogP contribution in [-0.2, 0) is 20.8 Å². The summed E-state index contributed by atoms with van der Waals surface area (Å²) in [7, 11) is 0. The molecule has 200 valence electrons. The standard InChI is InChI=1S/C31H37N3O4/c35-28(33-14-17-37-18-15-33)20-34-27-19-24(31(36)32-25-13-16-38-21-25)11-12-26(27)29(22-7-3-1-4-8-22)30(34)23-9-5-2-6-10-23/h2,5-6,9-12,19,22,25H,1,3-4,7-8,13-18,20-21H2,(H,32,36). The van der Waals surface area contributed by atoms with E-state index in [0.29, 0.717) is 51.0 Å². The van der Waals surface area contributed by atoms with Crippen LogP contribution in [0.5, 0.6) is 0 Å². The van der Waals surface area contributed by atoms with E-state index in [1.807, 2.05) is 23.1 Å². The molecule has 3 aliphatic rings. The van der Waals surface area contributed by atoms with Crippen molar-refractivity contribution in [3.63, 3.8) is 0 Å². The molecule has 1 saturated carbocycles. The fourth-order valence-electron chi connectivity index (χ4n) is 6.36. The first kappa shape index (κ1) is 25.1. The Hall–Kier alpha value is -3.16. The van der Waals surface area contributed by atoms with Crippen LogP contribution in [0.2, 0.25) is 0 Å². The van der Waals surface area contributed by atoms with Gasteiger partial charge in [-0.2, -0.15) is 0 Å². The molecule has 1 aliphatic carbocycles. The Balaban J connectivity index is 1.48. The monoisotopic (exact) mass is 515 g/mol. The van der Waals surface area contributed by atoms with Gasteiger partial charge < -0.3 is 24.3 Å². The molecule has 2 amide bonds. The zero-order chi connectivity index (χ0) is 25.9. The second-order valence-electron chi connectivity index (χ2n) is 10.8. The Kier molecular flexibility index (Phi) is 7.47. The van der Waals surface area contributed by atoms with Gasteiger partial charge in [-0.1, -0.05) is 55.7 Å². The van der Waals surface area contributed by atoms with Gasteiger partial charge in [-0.15, -0.1) is 0 Å². The third-order valence-corrected chi connectivity index (χ3v) is 8.35. The number of nitrogens with zero attached hydrogens (tertiary/aromatic N) is 2. The normalized spacial score (nSPS) is 20.6. The van der Waals surface area contributed by atoms with Crippen molar-refractivity contribution in [1.82, 2.24) is 14.8 Å². The number of nitrogens with one attached hydrogen (secondary N) is 1. The summed E-state index contributed by atoms with van der Waals surface area (Å²) in [5, 5.41) is 4.28. The number of benzene rings is 2. The third kappa shape index (κ3) is 5.09. The van der Waals surface area contributed by atoms with E-state index in [0.717, 1.165) is 41.4 Å². The predicted molar refractivity (Wildman–Crippen MR) is 147 cm³/mol. The lowest BCUT2D eigenvalue weighted by molar-refractivity contribution is -0.135. The first-order chi connectivity index (χ1) is 18.7. The molecule has 0 radical (unpaired) electrons. The molecule has 1 aromatic heterocycles. The number of aromatic nitrogens is 1. The SMILES string of the molecule is O=C(NC1CCOC1)c1ccc2c(C3CCCCC3)c(-c3ccccc3)n(CC(=O)N3CCOCC3)c2c1. The highest BCUT2D eigenvalue weighted by atomic mass is 16.5. The van der Waals surface area contributed by atoms with Crippen molar-refractivity contribution in [2.24, 2.45) is 0 Å². The van der Waals surface area contributed by atoms with Crippen molar-refractivity contribution in [2.75, 3.05) is 39.5 Å². The predicted octanol–water partition coefficient (Wildman–Crippen LogP) is 4.73. The number of hydrogen-bond acceptors (Lipinski definition) is 4. The van der Waals surface area contributed by atoms with Gasteiger partial charge in [-0.3, -0.25) is 9.59 Å². The third-order valence-electron chi connectivity index (χ3n) is 8.35. The summed E-state index contributed by atoms with van der Waals surface area (Å²) >= 11 is 0. The van der Waals surface area contributed by atoms with E-state index < -0.39 is 0 Å². The Labute approximate surface area is 224 Å². The fraction of sp³-hybridized carbons (Fsp3) is 0.484. The van der Waals surface area contributed by atoms with Crippen LogP contribution in [0.25, 0.3) is 22.2 Å². The van der Waals surface area contributed by atoms with E-state index in [4.69, 9.17) is 9.47 Å². The summed E-state index contributed by atoms with van der Waals surface area (Å²) in [5.74, 6) is 0.446. The van der Waals surface area contributed by atoms with Gasteiger partial charge in [0.15, 0.2) is 0 Å². The van der Waals surface area contributed by atoms with Crippen LogP contribution in [-0.4, -0.2) is 66.8 Å². The second-order valence-corrected chi connectivity index (χ2v) is 10.8. The lowest BCUT2D eigenvalue weighted by Crippen LogP contribution is -2.42. The van der Waals surface area contributed by atoms with Crippen molar-refractivity contribution >= 4 is 22.7 Å². The number of morpholine rings is 1. The number of carbonyl (C=O) groups is 2. The first-order valence-electron chi connectivity index (χ1n) is 14.1. The van der Waals surface area contributed by atoms with Gasteiger partial charge in [0, 0.05) is 30.6 Å². The van der Waals surface area contributed by atoms with Crippen molar-refractivity contribution in [1.29, 1.82) is 0 Å². The van der Waals surface area contributed by atoms with Crippen LogP contribution in [0.3, 0.4) is 0 Å². The van der Waals surface area contributed by atoms with Crippen LogP contribution >= 0.6 is 0 Å². The van der Waals surface area contributed by atoms with E-state index in [-0.39, 0.29) is 24.4 Å². The van der Waals surface area contributed by atoms with Crippen LogP contribution in [0.15, 0.2) is 48.5 Å². The maximum Gasteiger partial charge on any atom is 0.251 e. The molecule has 1 atom stereocenters. The summed E-state index contributed by atoms with van der Waals surface area (Å²) < 4.78 is 13.1. The molecule has 3 fully saturated rings. The van der Waals surface area contributed by atoms with Crippen molar-refractivity contribution in [3.05, 3.63) is 59.7 Å². The molecular weight excluding hydrogens is 478 g/mol. The zero-order valence-electron chi connectivity index (χ0n) is 22.0. The summed E-state index contributed by atoms with van der Waals surface area (Å²) in [6.45, 7) is 3.87. The molecule has 3 heterocycles. The minimum atomic E-state index is -0.0878. The fourth-order valence-corrected chi connectivity index (χ4v) is 6.36. The Bertz CT molecular complexity index is 1280. The Morgan fingerprint density at radius 1 is 0.895 bits per heavy atom. The molecule has 38 heavy (non-hydrogen) atoms. The largest absolute Gasteiger partial charge is 0.379 e. The molecule has 0 spiro atoms. The van der Waals surface area contributed by atoms with Crippen LogP contribution < -0.4 is 5.32 Å². The maximum absolute atomic E-state index is 13.6. The minimum absolute atomic E-state index is 0.0468. The molecule has 1 N–H and O–H groups in total.